The number of amides is 1. The summed E-state index contributed by atoms with van der Waals surface area (Å²) in [7, 11) is 0. The van der Waals surface area contributed by atoms with E-state index in [4.69, 9.17) is 5.11 Å². The third-order valence-electron chi connectivity index (χ3n) is 4.11. The van der Waals surface area contributed by atoms with Gasteiger partial charge in [0.1, 0.15) is 0 Å². The first-order chi connectivity index (χ1) is 10.3. The van der Waals surface area contributed by atoms with Gasteiger partial charge in [-0.2, -0.15) is 13.9 Å². The van der Waals surface area contributed by atoms with Gasteiger partial charge in [-0.05, 0) is 26.7 Å². The molecular weight excluding hydrogens is 296 g/mol. The van der Waals surface area contributed by atoms with E-state index in [-0.39, 0.29) is 24.6 Å². The van der Waals surface area contributed by atoms with Crippen LogP contribution in [0, 0.1) is 19.8 Å². The number of piperidine rings is 1. The number of hydrogen-bond acceptors (Lipinski definition) is 3. The number of aliphatic carboxylic acids is 1. The third-order valence-corrected chi connectivity index (χ3v) is 4.11. The number of carbonyl (C=O) groups excluding carboxylic acids is 1. The van der Waals surface area contributed by atoms with Gasteiger partial charge in [0.2, 0.25) is 5.91 Å². The molecule has 1 N–H and O–H groups in total. The Morgan fingerprint density at radius 1 is 1.41 bits per heavy atom. The van der Waals surface area contributed by atoms with Crippen LogP contribution in [0.2, 0.25) is 0 Å². The molecule has 22 heavy (non-hydrogen) atoms. The van der Waals surface area contributed by atoms with Gasteiger partial charge < -0.3 is 10.0 Å². The van der Waals surface area contributed by atoms with E-state index in [1.807, 2.05) is 0 Å². The smallest absolute Gasteiger partial charge is 0.333 e. The second-order valence-electron chi connectivity index (χ2n) is 5.57. The van der Waals surface area contributed by atoms with Crippen LogP contribution in [0.4, 0.5) is 8.78 Å². The topological polar surface area (TPSA) is 75.4 Å². The summed E-state index contributed by atoms with van der Waals surface area (Å²) in [5.41, 5.74) is 1.16. The number of carboxylic acids is 1. The first-order valence-corrected chi connectivity index (χ1v) is 7.14. The van der Waals surface area contributed by atoms with Crippen molar-refractivity contribution in [2.45, 2.75) is 39.7 Å². The standard InChI is InChI=1S/C14H19F2N3O3/c1-8-11(9(2)19(17-8)14(15)16)6-12(20)18-5-3-4-10(7-18)13(21)22/h10,14H,3-7H2,1-2H3,(H,21,22)/t10-/m0/s1. The molecule has 0 radical (unpaired) electrons. The molecule has 1 aromatic rings. The van der Waals surface area contributed by atoms with E-state index in [9.17, 15) is 18.4 Å². The van der Waals surface area contributed by atoms with Crippen LogP contribution in [0.3, 0.4) is 0 Å². The molecule has 1 aliphatic heterocycles. The van der Waals surface area contributed by atoms with Crippen LogP contribution in [-0.2, 0) is 16.0 Å². The molecule has 1 amide bonds. The van der Waals surface area contributed by atoms with Gasteiger partial charge in [-0.25, -0.2) is 4.68 Å². The lowest BCUT2D eigenvalue weighted by atomic mass is 9.97. The Labute approximate surface area is 126 Å². The zero-order valence-corrected chi connectivity index (χ0v) is 12.6. The molecule has 0 unspecified atom stereocenters. The highest BCUT2D eigenvalue weighted by molar-refractivity contribution is 5.80. The summed E-state index contributed by atoms with van der Waals surface area (Å²) >= 11 is 0. The molecule has 2 heterocycles. The van der Waals surface area contributed by atoms with Crippen molar-refractivity contribution in [2.75, 3.05) is 13.1 Å². The minimum absolute atomic E-state index is 0.0310. The molecule has 0 bridgehead atoms. The van der Waals surface area contributed by atoms with E-state index in [0.717, 1.165) is 0 Å². The van der Waals surface area contributed by atoms with Gasteiger partial charge in [0.05, 0.1) is 18.0 Å². The first kappa shape index (κ1) is 16.4. The second-order valence-corrected chi connectivity index (χ2v) is 5.57. The van der Waals surface area contributed by atoms with Crippen LogP contribution in [0.5, 0.6) is 0 Å². The minimum atomic E-state index is -2.74. The van der Waals surface area contributed by atoms with E-state index < -0.39 is 18.4 Å². The van der Waals surface area contributed by atoms with E-state index in [1.54, 1.807) is 6.92 Å². The van der Waals surface area contributed by atoms with Gasteiger partial charge in [-0.15, -0.1) is 0 Å². The Morgan fingerprint density at radius 3 is 2.64 bits per heavy atom. The van der Waals surface area contributed by atoms with Gasteiger partial charge in [0, 0.05) is 24.3 Å². The largest absolute Gasteiger partial charge is 0.481 e. The summed E-state index contributed by atoms with van der Waals surface area (Å²) in [6, 6.07) is 0. The summed E-state index contributed by atoms with van der Waals surface area (Å²) in [6.07, 6.45) is 1.16. The van der Waals surface area contributed by atoms with Crippen molar-refractivity contribution in [1.29, 1.82) is 0 Å². The van der Waals surface area contributed by atoms with Crippen LogP contribution in [-0.4, -0.2) is 44.8 Å². The van der Waals surface area contributed by atoms with Crippen molar-refractivity contribution < 1.29 is 23.5 Å². The number of aromatic nitrogens is 2. The highest BCUT2D eigenvalue weighted by Crippen LogP contribution is 2.22. The highest BCUT2D eigenvalue weighted by atomic mass is 19.3. The molecule has 8 heteroatoms. The summed E-state index contributed by atoms with van der Waals surface area (Å²) in [5.74, 6) is -1.70. The number of carbonyl (C=O) groups is 2. The highest BCUT2D eigenvalue weighted by Gasteiger charge is 2.29. The van der Waals surface area contributed by atoms with Crippen LogP contribution < -0.4 is 0 Å². The third kappa shape index (κ3) is 3.26. The lowest BCUT2D eigenvalue weighted by molar-refractivity contribution is -0.145. The van der Waals surface area contributed by atoms with Crippen molar-refractivity contribution in [2.24, 2.45) is 5.92 Å². The zero-order chi connectivity index (χ0) is 16.4. The van der Waals surface area contributed by atoms with E-state index >= 15 is 0 Å². The monoisotopic (exact) mass is 315 g/mol. The molecule has 2 rings (SSSR count). The second kappa shape index (κ2) is 6.41. The average molecular weight is 315 g/mol. The van der Waals surface area contributed by atoms with Crippen molar-refractivity contribution in [1.82, 2.24) is 14.7 Å². The maximum absolute atomic E-state index is 12.8. The van der Waals surface area contributed by atoms with E-state index in [1.165, 1.54) is 11.8 Å². The minimum Gasteiger partial charge on any atom is -0.481 e. The molecular formula is C14H19F2N3O3. The van der Waals surface area contributed by atoms with Gasteiger partial charge >= 0.3 is 12.5 Å². The maximum atomic E-state index is 12.8. The average Bonchev–Trinajstić information content (AvgIpc) is 2.75. The lowest BCUT2D eigenvalue weighted by Crippen LogP contribution is -2.43. The van der Waals surface area contributed by atoms with Crippen molar-refractivity contribution in [3.05, 3.63) is 17.0 Å². The Bertz CT molecular complexity index is 586. The fourth-order valence-electron chi connectivity index (χ4n) is 2.81. The molecule has 0 aromatic carbocycles. The van der Waals surface area contributed by atoms with Crippen LogP contribution in [0.25, 0.3) is 0 Å². The fourth-order valence-corrected chi connectivity index (χ4v) is 2.81. The quantitative estimate of drug-likeness (QED) is 0.918. The molecule has 0 spiro atoms. The predicted molar refractivity (Wildman–Crippen MR) is 73.6 cm³/mol. The van der Waals surface area contributed by atoms with E-state index in [2.05, 4.69) is 5.10 Å². The summed E-state index contributed by atoms with van der Waals surface area (Å²) < 4.78 is 26.2. The zero-order valence-electron chi connectivity index (χ0n) is 12.6. The number of rotatable bonds is 4. The fraction of sp³-hybridized carbons (Fsp3) is 0.643. The summed E-state index contributed by atoms with van der Waals surface area (Å²) in [5, 5.41) is 12.8. The number of aryl methyl sites for hydroxylation is 1. The maximum Gasteiger partial charge on any atom is 0.333 e. The molecule has 0 aliphatic carbocycles. The number of carboxylic acid groups (broad SMARTS) is 1. The Kier molecular flexibility index (Phi) is 4.77. The number of nitrogens with zero attached hydrogens (tertiary/aromatic N) is 3. The molecule has 1 saturated heterocycles. The predicted octanol–water partition coefficient (Wildman–Crippen LogP) is 1.76. The summed E-state index contributed by atoms with van der Waals surface area (Å²) in [4.78, 5) is 24.9. The molecule has 122 valence electrons. The number of hydrogen-bond donors (Lipinski definition) is 1. The first-order valence-electron chi connectivity index (χ1n) is 7.14. The van der Waals surface area contributed by atoms with Gasteiger partial charge in [-0.1, -0.05) is 0 Å². The normalized spacial score (nSPS) is 18.8. The van der Waals surface area contributed by atoms with Crippen molar-refractivity contribution in [3.8, 4) is 0 Å². The van der Waals surface area contributed by atoms with Crippen LogP contribution in [0.1, 0.15) is 36.3 Å². The molecule has 1 fully saturated rings. The molecule has 1 aromatic heterocycles. The number of likely N-dealkylation sites (tertiary alicyclic amines) is 1. The van der Waals surface area contributed by atoms with Crippen LogP contribution in [0.15, 0.2) is 0 Å². The molecule has 6 nitrogen and oxygen atoms in total. The van der Waals surface area contributed by atoms with Crippen molar-refractivity contribution in [3.63, 3.8) is 0 Å². The Balaban J connectivity index is 2.10. The Hall–Kier alpha value is -1.99. The molecule has 0 saturated carbocycles. The van der Waals surface area contributed by atoms with Crippen molar-refractivity contribution >= 4 is 11.9 Å². The van der Waals surface area contributed by atoms with Gasteiger partial charge in [0.25, 0.3) is 0 Å². The molecule has 1 atom stereocenters. The Morgan fingerprint density at radius 2 is 2.09 bits per heavy atom. The lowest BCUT2D eigenvalue weighted by Gasteiger charge is -2.30. The number of alkyl halides is 2. The van der Waals surface area contributed by atoms with Gasteiger partial charge in [0.15, 0.2) is 0 Å². The molecule has 1 aliphatic rings. The number of halogens is 2. The summed E-state index contributed by atoms with van der Waals surface area (Å²) in [6.45, 7) is 1.03. The van der Waals surface area contributed by atoms with Gasteiger partial charge in [-0.3, -0.25) is 9.59 Å². The van der Waals surface area contributed by atoms with Crippen LogP contribution >= 0.6 is 0 Å². The van der Waals surface area contributed by atoms with E-state index in [0.29, 0.717) is 35.3 Å². The SMILES string of the molecule is Cc1nn(C(F)F)c(C)c1CC(=O)N1CCC[C@H](C(=O)O)C1.